The zero-order valence-corrected chi connectivity index (χ0v) is 12.2. The van der Waals surface area contributed by atoms with Gasteiger partial charge in [-0.3, -0.25) is 9.89 Å². The molecule has 4 N–H and O–H groups in total. The highest BCUT2D eigenvalue weighted by molar-refractivity contribution is 7.99. The molecule has 5 nitrogen and oxygen atoms in total. The summed E-state index contributed by atoms with van der Waals surface area (Å²) in [5.41, 5.74) is 8.53. The van der Waals surface area contributed by atoms with Crippen molar-refractivity contribution in [2.45, 2.75) is 16.7 Å². The number of aromatic amines is 1. The van der Waals surface area contributed by atoms with E-state index in [1.165, 1.54) is 6.92 Å². The number of benzene rings is 2. The van der Waals surface area contributed by atoms with Crippen molar-refractivity contribution in [2.75, 3.05) is 11.1 Å². The standard InChI is InChI=1S/C15H14N4OS/c1-9(20)18-11-2-4-12(5-3-11)21-15-7-14-10(6-13(15)16)8-17-19-14/h2-8H,16H2,1H3,(H,17,19)(H,18,20). The molecule has 1 aromatic heterocycles. The molecule has 0 spiro atoms. The van der Waals surface area contributed by atoms with E-state index in [9.17, 15) is 4.79 Å². The van der Waals surface area contributed by atoms with Gasteiger partial charge in [-0.25, -0.2) is 0 Å². The number of aromatic nitrogens is 2. The Bertz CT molecular complexity index is 795. The summed E-state index contributed by atoms with van der Waals surface area (Å²) in [7, 11) is 0. The number of nitrogen functional groups attached to an aromatic ring is 1. The number of carbonyl (C=O) groups is 1. The number of rotatable bonds is 3. The van der Waals surface area contributed by atoms with Crippen LogP contribution in [0.5, 0.6) is 0 Å². The lowest BCUT2D eigenvalue weighted by molar-refractivity contribution is -0.114. The quantitative estimate of drug-likeness (QED) is 0.648. The molecule has 0 aliphatic heterocycles. The molecule has 0 radical (unpaired) electrons. The SMILES string of the molecule is CC(=O)Nc1ccc(Sc2cc3[nH]ncc3cc2N)cc1. The fourth-order valence-corrected chi connectivity index (χ4v) is 2.89. The molecule has 0 bridgehead atoms. The van der Waals surface area contributed by atoms with E-state index < -0.39 is 0 Å². The summed E-state index contributed by atoms with van der Waals surface area (Å²) in [6, 6.07) is 11.5. The molecule has 2 aromatic carbocycles. The largest absolute Gasteiger partial charge is 0.398 e. The van der Waals surface area contributed by atoms with E-state index in [1.807, 2.05) is 36.4 Å². The number of nitrogens with two attached hydrogens (primary N) is 1. The molecule has 1 amide bonds. The van der Waals surface area contributed by atoms with Crippen LogP contribution in [0.25, 0.3) is 10.9 Å². The molecule has 0 atom stereocenters. The minimum atomic E-state index is -0.0793. The number of anilines is 2. The topological polar surface area (TPSA) is 83.8 Å². The molecular formula is C15H14N4OS. The predicted octanol–water partition coefficient (Wildman–Crippen LogP) is 3.25. The summed E-state index contributed by atoms with van der Waals surface area (Å²) in [6.07, 6.45) is 1.75. The van der Waals surface area contributed by atoms with E-state index >= 15 is 0 Å². The van der Waals surface area contributed by atoms with Gasteiger partial charge in [0.1, 0.15) is 0 Å². The van der Waals surface area contributed by atoms with Crippen molar-refractivity contribution >= 4 is 39.9 Å². The van der Waals surface area contributed by atoms with Crippen molar-refractivity contribution in [1.29, 1.82) is 0 Å². The lowest BCUT2D eigenvalue weighted by atomic mass is 10.2. The Kier molecular flexibility index (Phi) is 3.53. The molecule has 3 aromatic rings. The molecule has 0 aliphatic rings. The van der Waals surface area contributed by atoms with E-state index in [-0.39, 0.29) is 5.91 Å². The van der Waals surface area contributed by atoms with Crippen LogP contribution in [0, 0.1) is 0 Å². The second-order valence-corrected chi connectivity index (χ2v) is 5.77. The van der Waals surface area contributed by atoms with Gasteiger partial charge < -0.3 is 11.1 Å². The van der Waals surface area contributed by atoms with Crippen LogP contribution >= 0.6 is 11.8 Å². The summed E-state index contributed by atoms with van der Waals surface area (Å²) in [5, 5.41) is 10.7. The van der Waals surface area contributed by atoms with Gasteiger partial charge in [0.15, 0.2) is 0 Å². The fraction of sp³-hybridized carbons (Fsp3) is 0.0667. The van der Waals surface area contributed by atoms with E-state index in [4.69, 9.17) is 5.73 Å². The highest BCUT2D eigenvalue weighted by Gasteiger charge is 2.06. The third-order valence-electron chi connectivity index (χ3n) is 2.97. The Morgan fingerprint density at radius 1 is 1.29 bits per heavy atom. The van der Waals surface area contributed by atoms with Crippen LogP contribution in [-0.4, -0.2) is 16.1 Å². The van der Waals surface area contributed by atoms with Crippen molar-refractivity contribution in [3.05, 3.63) is 42.6 Å². The minimum absolute atomic E-state index is 0.0793. The van der Waals surface area contributed by atoms with Gasteiger partial charge in [-0.05, 0) is 36.4 Å². The Balaban J connectivity index is 1.84. The van der Waals surface area contributed by atoms with Crippen molar-refractivity contribution in [1.82, 2.24) is 10.2 Å². The third kappa shape index (κ3) is 3.00. The van der Waals surface area contributed by atoms with Crippen LogP contribution in [0.2, 0.25) is 0 Å². The van der Waals surface area contributed by atoms with E-state index in [2.05, 4.69) is 15.5 Å². The highest BCUT2D eigenvalue weighted by Crippen LogP contribution is 2.34. The summed E-state index contributed by atoms with van der Waals surface area (Å²) < 4.78 is 0. The Morgan fingerprint density at radius 3 is 2.76 bits per heavy atom. The highest BCUT2D eigenvalue weighted by atomic mass is 32.2. The number of H-pyrrole nitrogens is 1. The molecule has 0 aliphatic carbocycles. The van der Waals surface area contributed by atoms with Crippen molar-refractivity contribution in [2.24, 2.45) is 0 Å². The van der Waals surface area contributed by atoms with Gasteiger partial charge in [0.25, 0.3) is 0 Å². The summed E-state index contributed by atoms with van der Waals surface area (Å²) in [5.74, 6) is -0.0793. The van der Waals surface area contributed by atoms with Crippen molar-refractivity contribution < 1.29 is 4.79 Å². The Labute approximate surface area is 125 Å². The summed E-state index contributed by atoms with van der Waals surface area (Å²) >= 11 is 1.57. The summed E-state index contributed by atoms with van der Waals surface area (Å²) in [4.78, 5) is 13.0. The van der Waals surface area contributed by atoms with Crippen LogP contribution in [0.4, 0.5) is 11.4 Å². The molecular weight excluding hydrogens is 284 g/mol. The molecule has 0 saturated heterocycles. The van der Waals surface area contributed by atoms with Crippen molar-refractivity contribution in [3.8, 4) is 0 Å². The normalized spacial score (nSPS) is 10.7. The fourth-order valence-electron chi connectivity index (χ4n) is 2.01. The van der Waals surface area contributed by atoms with Gasteiger partial charge in [0.05, 0.1) is 11.7 Å². The number of nitrogens with one attached hydrogen (secondary N) is 2. The number of hydrogen-bond acceptors (Lipinski definition) is 4. The molecule has 0 unspecified atom stereocenters. The number of amides is 1. The molecule has 3 rings (SSSR count). The second-order valence-electron chi connectivity index (χ2n) is 4.65. The summed E-state index contributed by atoms with van der Waals surface area (Å²) in [6.45, 7) is 1.49. The maximum atomic E-state index is 11.0. The first kappa shape index (κ1) is 13.5. The zero-order chi connectivity index (χ0) is 14.8. The van der Waals surface area contributed by atoms with Crippen molar-refractivity contribution in [3.63, 3.8) is 0 Å². The van der Waals surface area contributed by atoms with Crippen LogP contribution in [0.15, 0.2) is 52.4 Å². The van der Waals surface area contributed by atoms with Gasteiger partial charge >= 0.3 is 0 Å². The van der Waals surface area contributed by atoms with Gasteiger partial charge in [0, 0.05) is 33.5 Å². The molecule has 21 heavy (non-hydrogen) atoms. The maximum absolute atomic E-state index is 11.0. The third-order valence-corrected chi connectivity index (χ3v) is 4.05. The Morgan fingerprint density at radius 2 is 2.05 bits per heavy atom. The second kappa shape index (κ2) is 5.49. The Hall–Kier alpha value is -2.47. The zero-order valence-electron chi connectivity index (χ0n) is 11.4. The number of carbonyl (C=O) groups excluding carboxylic acids is 1. The average Bonchev–Trinajstić information content (AvgIpc) is 2.88. The predicted molar refractivity (Wildman–Crippen MR) is 85.4 cm³/mol. The minimum Gasteiger partial charge on any atom is -0.398 e. The first-order valence-corrected chi connectivity index (χ1v) is 7.21. The van der Waals surface area contributed by atoms with Crippen LogP contribution in [0.3, 0.4) is 0 Å². The van der Waals surface area contributed by atoms with E-state index in [1.54, 1.807) is 18.0 Å². The van der Waals surface area contributed by atoms with Crippen LogP contribution in [-0.2, 0) is 4.79 Å². The van der Waals surface area contributed by atoms with Crippen LogP contribution < -0.4 is 11.1 Å². The number of hydrogen-bond donors (Lipinski definition) is 3. The number of nitrogens with zero attached hydrogens (tertiary/aromatic N) is 1. The molecule has 106 valence electrons. The van der Waals surface area contributed by atoms with E-state index in [0.717, 1.165) is 32.1 Å². The molecule has 0 saturated carbocycles. The lowest BCUT2D eigenvalue weighted by Gasteiger charge is -2.07. The van der Waals surface area contributed by atoms with Gasteiger partial charge in [-0.1, -0.05) is 11.8 Å². The van der Waals surface area contributed by atoms with E-state index in [0.29, 0.717) is 0 Å². The van der Waals surface area contributed by atoms with Gasteiger partial charge in [-0.2, -0.15) is 5.10 Å². The van der Waals surface area contributed by atoms with Crippen LogP contribution in [0.1, 0.15) is 6.92 Å². The average molecular weight is 298 g/mol. The number of fused-ring (bicyclic) bond motifs is 1. The van der Waals surface area contributed by atoms with Gasteiger partial charge in [-0.15, -0.1) is 0 Å². The monoisotopic (exact) mass is 298 g/mol. The smallest absolute Gasteiger partial charge is 0.221 e. The molecule has 0 fully saturated rings. The first-order chi connectivity index (χ1) is 10.1. The first-order valence-electron chi connectivity index (χ1n) is 6.40. The van der Waals surface area contributed by atoms with Gasteiger partial charge in [0.2, 0.25) is 5.91 Å². The molecule has 6 heteroatoms. The maximum Gasteiger partial charge on any atom is 0.221 e. The molecule has 1 heterocycles. The lowest BCUT2D eigenvalue weighted by Crippen LogP contribution is -2.05.